The summed E-state index contributed by atoms with van der Waals surface area (Å²) in [6.45, 7) is 0. The fourth-order valence-electron chi connectivity index (χ4n) is 0.544. The van der Waals surface area contributed by atoms with Crippen LogP contribution in [0, 0.1) is 0 Å². The maximum atomic E-state index is 12.3. The molecule has 4 nitrogen and oxygen atoms in total. The maximum Gasteiger partial charge on any atom is 0.364 e. The first kappa shape index (κ1) is 7.46. The highest BCUT2D eigenvalue weighted by atomic mass is 19.1. The molecule has 0 spiro atoms. The molecule has 0 atom stereocenters. The molecule has 0 amide bonds. The minimum absolute atomic E-state index is 0.324. The number of carboxylic acids is 1. The van der Waals surface area contributed by atoms with Gasteiger partial charge in [0, 0.05) is 6.08 Å². The van der Waals surface area contributed by atoms with Crippen LogP contribution in [0.25, 0.3) is 6.08 Å². The van der Waals surface area contributed by atoms with Crippen molar-refractivity contribution < 1.29 is 14.3 Å². The van der Waals surface area contributed by atoms with Gasteiger partial charge in [-0.25, -0.2) is 9.78 Å². The van der Waals surface area contributed by atoms with Gasteiger partial charge in [-0.2, -0.15) is 4.39 Å². The molecule has 5 heteroatoms. The molecule has 1 aromatic heterocycles. The minimum atomic E-state index is -1.58. The van der Waals surface area contributed by atoms with Crippen LogP contribution in [0.15, 0.2) is 18.4 Å². The van der Waals surface area contributed by atoms with Crippen LogP contribution in [0.1, 0.15) is 5.69 Å². The van der Waals surface area contributed by atoms with Crippen molar-refractivity contribution in [3.63, 3.8) is 0 Å². The maximum absolute atomic E-state index is 12.3. The molecule has 0 aliphatic rings. The lowest BCUT2D eigenvalue weighted by atomic mass is 10.4. The van der Waals surface area contributed by atoms with Gasteiger partial charge >= 0.3 is 5.97 Å². The average Bonchev–Trinajstić information content (AvgIpc) is 2.39. The zero-order valence-electron chi connectivity index (χ0n) is 5.41. The van der Waals surface area contributed by atoms with Crippen LogP contribution in [-0.2, 0) is 4.79 Å². The van der Waals surface area contributed by atoms with E-state index in [-0.39, 0.29) is 0 Å². The highest BCUT2D eigenvalue weighted by Gasteiger charge is 2.04. The Bertz CT molecular complexity index is 279. The van der Waals surface area contributed by atoms with Crippen molar-refractivity contribution in [3.05, 3.63) is 24.0 Å². The summed E-state index contributed by atoms with van der Waals surface area (Å²) in [6, 6.07) is 0. The number of carbonyl (C=O) groups is 1. The van der Waals surface area contributed by atoms with E-state index in [9.17, 15) is 9.18 Å². The lowest BCUT2D eigenvalue weighted by Crippen LogP contribution is -1.93. The van der Waals surface area contributed by atoms with Crippen molar-refractivity contribution in [1.82, 2.24) is 9.97 Å². The number of halogens is 1. The molecule has 0 fully saturated rings. The zero-order valence-corrected chi connectivity index (χ0v) is 5.41. The number of nitrogens with zero attached hydrogens (tertiary/aromatic N) is 1. The van der Waals surface area contributed by atoms with E-state index < -0.39 is 11.8 Å². The Morgan fingerprint density at radius 3 is 3.00 bits per heavy atom. The molecule has 0 bridgehead atoms. The second-order valence-corrected chi connectivity index (χ2v) is 1.80. The second kappa shape index (κ2) is 2.96. The van der Waals surface area contributed by atoms with Gasteiger partial charge in [-0.1, -0.05) is 0 Å². The van der Waals surface area contributed by atoms with E-state index in [0.29, 0.717) is 5.69 Å². The van der Waals surface area contributed by atoms with E-state index in [0.717, 1.165) is 6.08 Å². The first-order valence-electron chi connectivity index (χ1n) is 2.79. The number of hydrogen-bond acceptors (Lipinski definition) is 2. The topological polar surface area (TPSA) is 66.0 Å². The Hall–Kier alpha value is -1.65. The van der Waals surface area contributed by atoms with Crippen LogP contribution in [0.3, 0.4) is 0 Å². The van der Waals surface area contributed by atoms with E-state index in [4.69, 9.17) is 5.11 Å². The molecule has 1 rings (SSSR count). The largest absolute Gasteiger partial charge is 0.476 e. The van der Waals surface area contributed by atoms with Crippen LogP contribution in [0.4, 0.5) is 4.39 Å². The number of H-pyrrole nitrogens is 1. The van der Waals surface area contributed by atoms with Crippen molar-refractivity contribution in [2.24, 2.45) is 0 Å². The Morgan fingerprint density at radius 1 is 1.82 bits per heavy atom. The smallest absolute Gasteiger partial charge is 0.364 e. The monoisotopic (exact) mass is 156 g/mol. The van der Waals surface area contributed by atoms with Crippen molar-refractivity contribution in [1.29, 1.82) is 0 Å². The molecule has 1 aromatic rings. The minimum Gasteiger partial charge on any atom is -0.476 e. The van der Waals surface area contributed by atoms with E-state index in [1.165, 1.54) is 12.5 Å². The first-order valence-corrected chi connectivity index (χ1v) is 2.79. The molecule has 11 heavy (non-hydrogen) atoms. The lowest BCUT2D eigenvalue weighted by molar-refractivity contribution is -0.134. The SMILES string of the molecule is O=C(O)C(F)=Cc1cnc[nH]1. The van der Waals surface area contributed by atoms with Crippen LogP contribution < -0.4 is 0 Å². The standard InChI is InChI=1S/C6H5FN2O2/c7-5(6(10)11)1-4-2-8-3-9-4/h1-3H,(H,8,9)(H,10,11). The Labute approximate surface area is 61.4 Å². The van der Waals surface area contributed by atoms with Crippen LogP contribution >= 0.6 is 0 Å². The predicted octanol–water partition coefficient (Wildman–Crippen LogP) is 0.805. The third-order valence-corrected chi connectivity index (χ3v) is 1.01. The lowest BCUT2D eigenvalue weighted by Gasteiger charge is -1.85. The average molecular weight is 156 g/mol. The molecule has 1 heterocycles. The summed E-state index contributed by atoms with van der Waals surface area (Å²) in [5.41, 5.74) is 0.324. The van der Waals surface area contributed by atoms with Crippen LogP contribution in [0.5, 0.6) is 0 Å². The van der Waals surface area contributed by atoms with Crippen LogP contribution in [0.2, 0.25) is 0 Å². The third-order valence-electron chi connectivity index (χ3n) is 1.01. The second-order valence-electron chi connectivity index (χ2n) is 1.80. The fourth-order valence-corrected chi connectivity index (χ4v) is 0.544. The summed E-state index contributed by atoms with van der Waals surface area (Å²) in [5, 5.41) is 8.10. The number of rotatable bonds is 2. The molecule has 0 unspecified atom stereocenters. The summed E-state index contributed by atoms with van der Waals surface area (Å²) >= 11 is 0. The Kier molecular flexibility index (Phi) is 2.00. The molecule has 0 saturated heterocycles. The van der Waals surface area contributed by atoms with Gasteiger partial charge in [-0.05, 0) is 0 Å². The van der Waals surface area contributed by atoms with Gasteiger partial charge in [0.25, 0.3) is 0 Å². The van der Waals surface area contributed by atoms with E-state index >= 15 is 0 Å². The Balaban J connectivity index is 2.82. The number of hydrogen-bond donors (Lipinski definition) is 2. The molecule has 0 radical (unpaired) electrons. The number of carboxylic acid groups (broad SMARTS) is 1. The summed E-state index contributed by atoms with van der Waals surface area (Å²) in [7, 11) is 0. The summed E-state index contributed by atoms with van der Waals surface area (Å²) < 4.78 is 12.3. The number of aromatic nitrogens is 2. The third kappa shape index (κ3) is 1.89. The summed E-state index contributed by atoms with van der Waals surface area (Å²) in [4.78, 5) is 16.1. The van der Waals surface area contributed by atoms with Gasteiger partial charge in [0.1, 0.15) is 0 Å². The van der Waals surface area contributed by atoms with Gasteiger partial charge in [0.15, 0.2) is 0 Å². The zero-order chi connectivity index (χ0) is 8.27. The van der Waals surface area contributed by atoms with Gasteiger partial charge in [0.2, 0.25) is 5.83 Å². The predicted molar refractivity (Wildman–Crippen MR) is 35.3 cm³/mol. The molecule has 0 aromatic carbocycles. The first-order chi connectivity index (χ1) is 5.20. The molecule has 0 saturated carbocycles. The highest BCUT2D eigenvalue weighted by molar-refractivity contribution is 5.89. The van der Waals surface area contributed by atoms with E-state index in [1.54, 1.807) is 0 Å². The number of aliphatic carboxylic acids is 1. The van der Waals surface area contributed by atoms with E-state index in [2.05, 4.69) is 9.97 Å². The Morgan fingerprint density at radius 2 is 2.55 bits per heavy atom. The molecule has 58 valence electrons. The van der Waals surface area contributed by atoms with Crippen molar-refractivity contribution in [2.75, 3.05) is 0 Å². The number of nitrogens with one attached hydrogen (secondary N) is 1. The molecule has 0 aliphatic carbocycles. The molecular weight excluding hydrogens is 151 g/mol. The van der Waals surface area contributed by atoms with Crippen molar-refractivity contribution >= 4 is 12.0 Å². The normalized spacial score (nSPS) is 11.5. The van der Waals surface area contributed by atoms with Gasteiger partial charge < -0.3 is 10.1 Å². The molecule has 2 N–H and O–H groups in total. The molecular formula is C6H5FN2O2. The molecule has 0 aliphatic heterocycles. The fraction of sp³-hybridized carbons (Fsp3) is 0. The highest BCUT2D eigenvalue weighted by Crippen LogP contribution is 2.03. The van der Waals surface area contributed by atoms with Crippen molar-refractivity contribution in [2.45, 2.75) is 0 Å². The van der Waals surface area contributed by atoms with Crippen molar-refractivity contribution in [3.8, 4) is 0 Å². The van der Waals surface area contributed by atoms with Gasteiger partial charge in [-0.15, -0.1) is 0 Å². The summed E-state index contributed by atoms with van der Waals surface area (Å²) in [5.74, 6) is -2.80. The summed E-state index contributed by atoms with van der Waals surface area (Å²) in [6.07, 6.45) is 3.51. The van der Waals surface area contributed by atoms with Gasteiger partial charge in [0.05, 0.1) is 18.2 Å². The number of imidazole rings is 1. The van der Waals surface area contributed by atoms with Crippen LogP contribution in [-0.4, -0.2) is 21.0 Å². The quantitative estimate of drug-likeness (QED) is 0.622. The number of aromatic amines is 1. The van der Waals surface area contributed by atoms with Gasteiger partial charge in [-0.3, -0.25) is 0 Å². The van der Waals surface area contributed by atoms with E-state index in [1.807, 2.05) is 0 Å².